The van der Waals surface area contributed by atoms with E-state index in [4.69, 9.17) is 4.74 Å². The Morgan fingerprint density at radius 1 is 1.24 bits per heavy atom. The van der Waals surface area contributed by atoms with E-state index in [9.17, 15) is 8.78 Å². The lowest BCUT2D eigenvalue weighted by Gasteiger charge is -2.30. The minimum absolute atomic E-state index is 0.155. The Hall–Kier alpha value is -1.00. The number of rotatable bonds is 3. The van der Waals surface area contributed by atoms with Crippen LogP contribution in [0.4, 0.5) is 8.78 Å². The van der Waals surface area contributed by atoms with Gasteiger partial charge in [-0.15, -0.1) is 0 Å². The second-order valence-corrected chi connectivity index (χ2v) is 4.35. The van der Waals surface area contributed by atoms with Gasteiger partial charge in [-0.25, -0.2) is 8.78 Å². The van der Waals surface area contributed by atoms with E-state index in [2.05, 4.69) is 5.32 Å². The molecular formula is C13H17F2NO. The lowest BCUT2D eigenvalue weighted by atomic mass is 9.86. The Bertz CT molecular complexity index is 357. The molecular weight excluding hydrogens is 224 g/mol. The highest BCUT2D eigenvalue weighted by Crippen LogP contribution is 2.32. The zero-order valence-corrected chi connectivity index (χ0v) is 9.88. The number of hydrogen-bond donors (Lipinski definition) is 1. The van der Waals surface area contributed by atoms with E-state index in [1.54, 1.807) is 7.05 Å². The maximum Gasteiger partial charge on any atom is 0.130 e. The molecule has 0 aromatic heterocycles. The van der Waals surface area contributed by atoms with Crippen molar-refractivity contribution in [1.29, 1.82) is 0 Å². The number of hydrogen-bond acceptors (Lipinski definition) is 2. The van der Waals surface area contributed by atoms with Gasteiger partial charge in [0, 0.05) is 24.8 Å². The predicted molar refractivity (Wildman–Crippen MR) is 61.7 cm³/mol. The van der Waals surface area contributed by atoms with Crippen LogP contribution in [0, 0.1) is 17.6 Å². The summed E-state index contributed by atoms with van der Waals surface area (Å²) in [4.78, 5) is 0. The smallest absolute Gasteiger partial charge is 0.130 e. The highest BCUT2D eigenvalue weighted by molar-refractivity contribution is 5.24. The summed E-state index contributed by atoms with van der Waals surface area (Å²) in [7, 11) is 1.74. The van der Waals surface area contributed by atoms with Gasteiger partial charge < -0.3 is 10.1 Å². The van der Waals surface area contributed by atoms with Gasteiger partial charge in [-0.05, 0) is 37.9 Å². The summed E-state index contributed by atoms with van der Waals surface area (Å²) in [6.07, 6.45) is 1.67. The summed E-state index contributed by atoms with van der Waals surface area (Å²) >= 11 is 0. The third-order valence-electron chi connectivity index (χ3n) is 3.36. The molecule has 1 saturated heterocycles. The van der Waals surface area contributed by atoms with Crippen LogP contribution in [0.1, 0.15) is 24.4 Å². The normalized spacial score (nSPS) is 19.2. The largest absolute Gasteiger partial charge is 0.381 e. The molecule has 0 saturated carbocycles. The number of halogens is 2. The molecule has 1 aromatic rings. The van der Waals surface area contributed by atoms with Crippen LogP contribution in [0.3, 0.4) is 0 Å². The Morgan fingerprint density at radius 3 is 2.35 bits per heavy atom. The fourth-order valence-corrected chi connectivity index (χ4v) is 2.47. The molecule has 1 unspecified atom stereocenters. The zero-order valence-electron chi connectivity index (χ0n) is 9.88. The number of benzene rings is 1. The third kappa shape index (κ3) is 2.64. The average Bonchev–Trinajstić information content (AvgIpc) is 2.35. The molecule has 0 bridgehead atoms. The van der Waals surface area contributed by atoms with Crippen LogP contribution in [0.15, 0.2) is 18.2 Å². The van der Waals surface area contributed by atoms with Gasteiger partial charge in [0.25, 0.3) is 0 Å². The van der Waals surface area contributed by atoms with Crippen molar-refractivity contribution in [1.82, 2.24) is 5.32 Å². The Balaban J connectivity index is 2.27. The first-order chi connectivity index (χ1) is 8.24. The molecule has 0 amide bonds. The van der Waals surface area contributed by atoms with Crippen molar-refractivity contribution in [2.75, 3.05) is 20.3 Å². The molecule has 1 N–H and O–H groups in total. The molecule has 1 aliphatic heterocycles. The van der Waals surface area contributed by atoms with E-state index in [-0.39, 0.29) is 17.5 Å². The first-order valence-corrected chi connectivity index (χ1v) is 5.93. The van der Waals surface area contributed by atoms with Crippen LogP contribution in [0.25, 0.3) is 0 Å². The van der Waals surface area contributed by atoms with Crippen LogP contribution in [0.2, 0.25) is 0 Å². The predicted octanol–water partition coefficient (Wildman–Crippen LogP) is 2.65. The number of nitrogens with one attached hydrogen (secondary N) is 1. The second-order valence-electron chi connectivity index (χ2n) is 4.35. The summed E-state index contributed by atoms with van der Waals surface area (Å²) in [6.45, 7) is 1.33. The lowest BCUT2D eigenvalue weighted by Crippen LogP contribution is -2.31. The standard InChI is InChI=1S/C13H17F2NO/c1-16-13(9-5-7-17-8-6-9)12-10(14)3-2-4-11(12)15/h2-4,9,13,16H,5-8H2,1H3. The molecule has 1 fully saturated rings. The Morgan fingerprint density at radius 2 is 1.82 bits per heavy atom. The van der Waals surface area contributed by atoms with Crippen LogP contribution >= 0.6 is 0 Å². The van der Waals surface area contributed by atoms with Gasteiger partial charge in [0.2, 0.25) is 0 Å². The van der Waals surface area contributed by atoms with E-state index >= 15 is 0 Å². The van der Waals surface area contributed by atoms with Crippen LogP contribution < -0.4 is 5.32 Å². The van der Waals surface area contributed by atoms with Crippen LogP contribution in [0.5, 0.6) is 0 Å². The van der Waals surface area contributed by atoms with Crippen LogP contribution in [-0.2, 0) is 4.74 Å². The van der Waals surface area contributed by atoms with Gasteiger partial charge in [-0.1, -0.05) is 6.07 Å². The summed E-state index contributed by atoms with van der Waals surface area (Å²) < 4.78 is 32.7. The van der Waals surface area contributed by atoms with Gasteiger partial charge in [0.05, 0.1) is 0 Å². The van der Waals surface area contributed by atoms with E-state index in [0.29, 0.717) is 13.2 Å². The molecule has 1 aliphatic rings. The maximum absolute atomic E-state index is 13.7. The van der Waals surface area contributed by atoms with Crippen molar-refractivity contribution in [3.8, 4) is 0 Å². The van der Waals surface area contributed by atoms with Gasteiger partial charge in [0.1, 0.15) is 11.6 Å². The SMILES string of the molecule is CNC(c1c(F)cccc1F)C1CCOCC1. The van der Waals surface area contributed by atoms with Crippen LogP contribution in [-0.4, -0.2) is 20.3 Å². The van der Waals surface area contributed by atoms with Crippen molar-refractivity contribution in [2.45, 2.75) is 18.9 Å². The first kappa shape index (κ1) is 12.5. The molecule has 2 rings (SSSR count). The molecule has 1 heterocycles. The quantitative estimate of drug-likeness (QED) is 0.878. The maximum atomic E-state index is 13.7. The van der Waals surface area contributed by atoms with Gasteiger partial charge in [0.15, 0.2) is 0 Å². The molecule has 94 valence electrons. The van der Waals surface area contributed by atoms with Crippen molar-refractivity contribution in [3.63, 3.8) is 0 Å². The monoisotopic (exact) mass is 241 g/mol. The molecule has 1 aromatic carbocycles. The van der Waals surface area contributed by atoms with E-state index < -0.39 is 11.6 Å². The second kappa shape index (κ2) is 5.56. The molecule has 4 heteroatoms. The lowest BCUT2D eigenvalue weighted by molar-refractivity contribution is 0.0536. The summed E-state index contributed by atoms with van der Waals surface area (Å²) in [5, 5.41) is 3.03. The molecule has 2 nitrogen and oxygen atoms in total. The van der Waals surface area contributed by atoms with Gasteiger partial charge in [-0.3, -0.25) is 0 Å². The minimum Gasteiger partial charge on any atom is -0.381 e. The summed E-state index contributed by atoms with van der Waals surface area (Å²) in [6, 6.07) is 3.73. The fourth-order valence-electron chi connectivity index (χ4n) is 2.47. The first-order valence-electron chi connectivity index (χ1n) is 5.93. The summed E-state index contributed by atoms with van der Waals surface area (Å²) in [5.41, 5.74) is 0.155. The van der Waals surface area contributed by atoms with Gasteiger partial charge >= 0.3 is 0 Å². The van der Waals surface area contributed by atoms with Crippen molar-refractivity contribution < 1.29 is 13.5 Å². The Kier molecular flexibility index (Phi) is 4.07. The highest BCUT2D eigenvalue weighted by Gasteiger charge is 2.28. The summed E-state index contributed by atoms with van der Waals surface area (Å²) in [5.74, 6) is -0.730. The molecule has 0 radical (unpaired) electrons. The number of ether oxygens (including phenoxy) is 1. The molecule has 0 aliphatic carbocycles. The van der Waals surface area contributed by atoms with Crippen molar-refractivity contribution >= 4 is 0 Å². The topological polar surface area (TPSA) is 21.3 Å². The molecule has 0 spiro atoms. The van der Waals surface area contributed by atoms with Gasteiger partial charge in [-0.2, -0.15) is 0 Å². The minimum atomic E-state index is -0.476. The Labute approximate surface area is 100.0 Å². The molecule has 17 heavy (non-hydrogen) atoms. The van der Waals surface area contributed by atoms with E-state index in [0.717, 1.165) is 12.8 Å². The molecule has 1 atom stereocenters. The zero-order chi connectivity index (χ0) is 12.3. The van der Waals surface area contributed by atoms with Crippen molar-refractivity contribution in [3.05, 3.63) is 35.4 Å². The van der Waals surface area contributed by atoms with E-state index in [1.165, 1.54) is 18.2 Å². The fraction of sp³-hybridized carbons (Fsp3) is 0.538. The highest BCUT2D eigenvalue weighted by atomic mass is 19.1. The average molecular weight is 241 g/mol. The van der Waals surface area contributed by atoms with E-state index in [1.807, 2.05) is 0 Å². The third-order valence-corrected chi connectivity index (χ3v) is 3.36. The van der Waals surface area contributed by atoms with Crippen molar-refractivity contribution in [2.24, 2.45) is 5.92 Å².